The van der Waals surface area contributed by atoms with Crippen molar-refractivity contribution in [2.24, 2.45) is 29.6 Å². The van der Waals surface area contributed by atoms with Gasteiger partial charge < -0.3 is 14.7 Å². The molecule has 10 aliphatic rings. The molecule has 1 aromatic rings. The molecular weight excluding hydrogens is 813 g/mol. The molecule has 10 unspecified atom stereocenters. The van der Waals surface area contributed by atoms with Gasteiger partial charge in [-0.3, -0.25) is 4.90 Å². The van der Waals surface area contributed by atoms with Crippen molar-refractivity contribution in [3.8, 4) is 0 Å². The minimum Gasteiger partial charge on any atom is -0.357 e. The van der Waals surface area contributed by atoms with Crippen LogP contribution in [0, 0.1) is 36.5 Å². The molecule has 2 aliphatic heterocycles. The summed E-state index contributed by atoms with van der Waals surface area (Å²) in [5.74, 6) is 2.94. The van der Waals surface area contributed by atoms with E-state index < -0.39 is 0 Å². The summed E-state index contributed by atoms with van der Waals surface area (Å²) in [6, 6.07) is 12.7. The molecule has 4 heteroatoms. The minimum absolute atomic E-state index is 0.284. The van der Waals surface area contributed by atoms with Gasteiger partial charge in [0.2, 0.25) is 0 Å². The highest BCUT2D eigenvalue weighted by Crippen LogP contribution is 2.49. The number of benzene rings is 1. The lowest BCUT2D eigenvalue weighted by molar-refractivity contribution is 0.127. The number of likely N-dealkylation sites (tertiary alicyclic amines) is 2. The zero-order chi connectivity index (χ0) is 45.4. The van der Waals surface area contributed by atoms with Gasteiger partial charge in [0.25, 0.3) is 0 Å². The maximum Gasteiger partial charge on any atom is 0.0583 e. The molecule has 0 radical (unpaired) electrons. The van der Waals surface area contributed by atoms with Crippen molar-refractivity contribution in [2.45, 2.75) is 166 Å². The van der Waals surface area contributed by atoms with Crippen LogP contribution < -0.4 is 4.90 Å². The van der Waals surface area contributed by atoms with Crippen LogP contribution >= 0.6 is 0 Å². The first-order valence-electron chi connectivity index (χ1n) is 27.1. The fraction of sp³-hybridized carbons (Fsp3) is 0.492. The van der Waals surface area contributed by atoms with Gasteiger partial charge in [-0.25, -0.2) is 0 Å². The normalized spacial score (nSPS) is 34.6. The van der Waals surface area contributed by atoms with Gasteiger partial charge in [0, 0.05) is 70.4 Å². The van der Waals surface area contributed by atoms with Gasteiger partial charge in [0.05, 0.1) is 18.1 Å². The van der Waals surface area contributed by atoms with Crippen molar-refractivity contribution in [3.63, 3.8) is 0 Å². The second-order valence-corrected chi connectivity index (χ2v) is 21.8. The molecular formula is C63H78N4. The molecule has 10 atom stereocenters. The molecule has 1 saturated carbocycles. The van der Waals surface area contributed by atoms with E-state index in [1.807, 2.05) is 0 Å². The Morgan fingerprint density at radius 2 is 1.61 bits per heavy atom. The van der Waals surface area contributed by atoms with E-state index in [-0.39, 0.29) is 6.04 Å². The standard InChI is InChI=1S/C63H78N4/c1-5-7-15-48(6-2)66-60-20-13-11-18-56(60)58-42-54(38-40-62(58)66)64(50-30-22-44(3)23-31-50)52-34-26-46(27-35-52)47-28-36-53(37-29-47)65(51-32-24-45(4)25-33-51)55-39-41-63-59(43-55)57-19-12-14-21-61(57)67(63)49-16-9-8-10-17-49/h5,7,9,11-12,14,16-19,21-23,26-27,30-31,34,36,38-40,42-43,45,47-48,51-52,56-58,60-63H,6,8,10,13,15,20,24-25,28-29,32-33,35,37,41H2,1-4H3/b7-5-. The number of rotatable bonds is 12. The summed E-state index contributed by atoms with van der Waals surface area (Å²) in [6.07, 6.45) is 68.0. The van der Waals surface area contributed by atoms with E-state index in [1.165, 1.54) is 79.7 Å². The van der Waals surface area contributed by atoms with Crippen LogP contribution in [0.25, 0.3) is 0 Å². The van der Waals surface area contributed by atoms with Crippen molar-refractivity contribution < 1.29 is 0 Å². The van der Waals surface area contributed by atoms with Crippen molar-refractivity contribution in [3.05, 3.63) is 185 Å². The van der Waals surface area contributed by atoms with E-state index in [4.69, 9.17) is 0 Å². The second kappa shape index (κ2) is 19.7. The average Bonchev–Trinajstić information content (AvgIpc) is 3.89. The topological polar surface area (TPSA) is 13.0 Å². The number of aryl methyl sites for hydroxylation is 1. The molecule has 0 aromatic heterocycles. The lowest BCUT2D eigenvalue weighted by Crippen LogP contribution is -2.45. The minimum atomic E-state index is 0.284. The van der Waals surface area contributed by atoms with Crippen molar-refractivity contribution >= 4 is 5.69 Å². The van der Waals surface area contributed by atoms with E-state index >= 15 is 0 Å². The molecule has 0 spiro atoms. The number of hydrogen-bond donors (Lipinski definition) is 0. The Kier molecular flexibility index (Phi) is 13.1. The molecule has 8 aliphatic carbocycles. The summed E-state index contributed by atoms with van der Waals surface area (Å²) in [6.45, 7) is 9.25. The lowest BCUT2D eigenvalue weighted by atomic mass is 9.80. The van der Waals surface area contributed by atoms with Gasteiger partial charge >= 0.3 is 0 Å². The zero-order valence-electron chi connectivity index (χ0n) is 41.2. The summed E-state index contributed by atoms with van der Waals surface area (Å²) >= 11 is 0. The van der Waals surface area contributed by atoms with Crippen molar-refractivity contribution in [2.75, 3.05) is 4.90 Å². The number of allylic oxidation sites excluding steroid dienone is 13. The molecule has 0 bridgehead atoms. The van der Waals surface area contributed by atoms with Gasteiger partial charge in [-0.15, -0.1) is 0 Å². The monoisotopic (exact) mass is 891 g/mol. The van der Waals surface area contributed by atoms with E-state index in [2.05, 4.69) is 193 Å². The molecule has 0 N–H and O–H groups in total. The number of fused-ring (bicyclic) bond motifs is 6. The third-order valence-corrected chi connectivity index (χ3v) is 17.9. The van der Waals surface area contributed by atoms with E-state index in [0.29, 0.717) is 59.9 Å². The lowest BCUT2D eigenvalue weighted by Gasteiger charge is -2.43. The van der Waals surface area contributed by atoms with E-state index in [0.717, 1.165) is 50.9 Å². The third kappa shape index (κ3) is 8.68. The van der Waals surface area contributed by atoms with Crippen LogP contribution in [0.5, 0.6) is 0 Å². The summed E-state index contributed by atoms with van der Waals surface area (Å²) < 4.78 is 0. The van der Waals surface area contributed by atoms with Crippen LogP contribution in [-0.2, 0) is 0 Å². The molecule has 1 aromatic carbocycles. The van der Waals surface area contributed by atoms with Crippen LogP contribution in [0.4, 0.5) is 5.69 Å². The molecule has 0 amide bonds. The Hall–Kier alpha value is -4.80. The van der Waals surface area contributed by atoms with Gasteiger partial charge in [0.1, 0.15) is 0 Å². The van der Waals surface area contributed by atoms with Crippen LogP contribution in [0.3, 0.4) is 0 Å². The first-order chi connectivity index (χ1) is 33.0. The third-order valence-electron chi connectivity index (χ3n) is 17.9. The van der Waals surface area contributed by atoms with Crippen LogP contribution in [0.1, 0.15) is 123 Å². The maximum absolute atomic E-state index is 2.93. The van der Waals surface area contributed by atoms with Gasteiger partial charge in [-0.1, -0.05) is 135 Å². The molecule has 3 fully saturated rings. The fourth-order valence-corrected chi connectivity index (χ4v) is 14.4. The maximum atomic E-state index is 2.93. The Labute approximate surface area is 404 Å². The second-order valence-electron chi connectivity index (χ2n) is 21.8. The smallest absolute Gasteiger partial charge is 0.0583 e. The highest BCUT2D eigenvalue weighted by Gasteiger charge is 2.50. The quantitative estimate of drug-likeness (QED) is 0.194. The molecule has 350 valence electrons. The number of nitrogens with zero attached hydrogens (tertiary/aromatic N) is 4. The Balaban J connectivity index is 0.827. The molecule has 11 rings (SSSR count). The predicted molar refractivity (Wildman–Crippen MR) is 282 cm³/mol. The summed E-state index contributed by atoms with van der Waals surface area (Å²) in [5, 5.41) is 0. The Bertz CT molecular complexity index is 2400. The van der Waals surface area contributed by atoms with Crippen LogP contribution in [0.15, 0.2) is 180 Å². The zero-order valence-corrected chi connectivity index (χ0v) is 41.2. The SMILES string of the molecule is C/C=C\CC(CC)N1C2C=CC(N(c3ccc(C)cc3)C3C=CC(C4CC=C(N(C5=CCC6C(=C5)C5C=CC=CC5N6C5=CCCC=C5)C5CCC(C)CC5)CC4)=CC3)=CC2C2C=CCCC21. The predicted octanol–water partition coefficient (Wildman–Crippen LogP) is 14.7. The highest BCUT2D eigenvalue weighted by atomic mass is 15.3. The van der Waals surface area contributed by atoms with Gasteiger partial charge in [0.15, 0.2) is 0 Å². The molecule has 2 saturated heterocycles. The largest absolute Gasteiger partial charge is 0.357 e. The van der Waals surface area contributed by atoms with Gasteiger partial charge in [-0.2, -0.15) is 0 Å². The Morgan fingerprint density at radius 3 is 2.37 bits per heavy atom. The molecule has 67 heavy (non-hydrogen) atoms. The average molecular weight is 891 g/mol. The van der Waals surface area contributed by atoms with E-state index in [1.54, 1.807) is 16.8 Å². The number of anilines is 1. The first-order valence-corrected chi connectivity index (χ1v) is 27.1. The summed E-state index contributed by atoms with van der Waals surface area (Å²) in [4.78, 5) is 11.2. The highest BCUT2D eigenvalue weighted by molar-refractivity contribution is 5.60. The fourth-order valence-electron chi connectivity index (χ4n) is 14.4. The van der Waals surface area contributed by atoms with Gasteiger partial charge in [-0.05, 0) is 164 Å². The first kappa shape index (κ1) is 44.7. The number of hydrogen-bond acceptors (Lipinski definition) is 4. The Morgan fingerprint density at radius 1 is 0.746 bits per heavy atom. The summed E-state index contributed by atoms with van der Waals surface area (Å²) in [7, 11) is 0. The molecule has 4 nitrogen and oxygen atoms in total. The van der Waals surface area contributed by atoms with E-state index in [9.17, 15) is 0 Å². The molecule has 2 heterocycles. The van der Waals surface area contributed by atoms with Crippen LogP contribution in [-0.4, -0.2) is 57.0 Å². The van der Waals surface area contributed by atoms with Crippen molar-refractivity contribution in [1.82, 2.24) is 14.7 Å². The van der Waals surface area contributed by atoms with Crippen molar-refractivity contribution in [1.29, 1.82) is 0 Å². The summed E-state index contributed by atoms with van der Waals surface area (Å²) in [5.41, 5.74) is 11.7. The van der Waals surface area contributed by atoms with Crippen LogP contribution in [0.2, 0.25) is 0 Å².